The second-order valence-electron chi connectivity index (χ2n) is 25.3. The molecule has 5 nitrogen and oxygen atoms in total. The van der Waals surface area contributed by atoms with Crippen molar-refractivity contribution in [2.24, 2.45) is 88.8 Å². The molecule has 0 aliphatic heterocycles. The second kappa shape index (κ2) is 35.0. The Morgan fingerprint density at radius 2 is 0.400 bits per heavy atom. The summed E-state index contributed by atoms with van der Waals surface area (Å²) in [7, 11) is 9.26. The molecule has 0 unspecified atom stereocenters. The molecule has 5 fully saturated rings. The Labute approximate surface area is 409 Å². The summed E-state index contributed by atoms with van der Waals surface area (Å²) in [6.45, 7) is 34.9. The molecule has 0 amide bonds. The van der Waals surface area contributed by atoms with E-state index in [1.54, 1.807) is 0 Å². The number of rotatable bonds is 15. The van der Waals surface area contributed by atoms with Crippen LogP contribution in [0.2, 0.25) is 0 Å². The van der Waals surface area contributed by atoms with E-state index in [2.05, 4.69) is 104 Å². The van der Waals surface area contributed by atoms with E-state index in [0.29, 0.717) is 30.5 Å². The summed E-state index contributed by atoms with van der Waals surface area (Å²) in [6, 6.07) is 0. The summed E-state index contributed by atoms with van der Waals surface area (Å²) in [5, 5.41) is 0. The van der Waals surface area contributed by atoms with Gasteiger partial charge < -0.3 is 23.7 Å². The lowest BCUT2D eigenvalue weighted by Gasteiger charge is -2.34. The number of ether oxygens (including phenoxy) is 5. The molecule has 5 aliphatic rings. The Balaban J connectivity index is 0.000000406. The van der Waals surface area contributed by atoms with Crippen molar-refractivity contribution in [2.45, 2.75) is 263 Å². The van der Waals surface area contributed by atoms with Crippen LogP contribution < -0.4 is 0 Å². The average Bonchev–Trinajstić information content (AvgIpc) is 3.21. The molecule has 5 aliphatic carbocycles. The van der Waals surface area contributed by atoms with Crippen molar-refractivity contribution in [3.63, 3.8) is 0 Å². The zero-order valence-electron chi connectivity index (χ0n) is 47.7. The highest BCUT2D eigenvalue weighted by atomic mass is 16.5. The van der Waals surface area contributed by atoms with Crippen molar-refractivity contribution in [3.05, 3.63) is 0 Å². The fourth-order valence-corrected chi connectivity index (χ4v) is 13.6. The third-order valence-electron chi connectivity index (χ3n) is 16.5. The molecule has 0 aromatic rings. The highest BCUT2D eigenvalue weighted by Gasteiger charge is 2.31. The lowest BCUT2D eigenvalue weighted by molar-refractivity contribution is 0.0123. The van der Waals surface area contributed by atoms with Gasteiger partial charge in [0.05, 0.1) is 30.5 Å². The van der Waals surface area contributed by atoms with Gasteiger partial charge in [-0.1, -0.05) is 104 Å². The molecule has 65 heavy (non-hydrogen) atoms. The molecular weight excluding hydrogens is 801 g/mol. The van der Waals surface area contributed by atoms with Crippen LogP contribution >= 0.6 is 0 Å². The lowest BCUT2D eigenvalue weighted by atomic mass is 9.77. The molecule has 0 aromatic carbocycles. The maximum atomic E-state index is 5.46. The Bertz CT molecular complexity index is 908. The van der Waals surface area contributed by atoms with Crippen LogP contribution in [-0.2, 0) is 23.7 Å². The summed E-state index contributed by atoms with van der Waals surface area (Å²) >= 11 is 0. The third-order valence-corrected chi connectivity index (χ3v) is 16.5. The largest absolute Gasteiger partial charge is 0.381 e. The van der Waals surface area contributed by atoms with Crippen LogP contribution in [0.3, 0.4) is 0 Å². The van der Waals surface area contributed by atoms with Gasteiger partial charge in [0, 0.05) is 35.5 Å². The topological polar surface area (TPSA) is 46.2 Å². The summed E-state index contributed by atoms with van der Waals surface area (Å²) in [6.07, 6.45) is 29.8. The van der Waals surface area contributed by atoms with Crippen LogP contribution in [0, 0.1) is 88.8 Å². The molecule has 0 radical (unpaired) electrons. The zero-order valence-corrected chi connectivity index (χ0v) is 47.7. The Hall–Kier alpha value is -0.200. The van der Waals surface area contributed by atoms with E-state index in [1.165, 1.54) is 128 Å². The van der Waals surface area contributed by atoms with Gasteiger partial charge in [-0.05, 0) is 217 Å². The van der Waals surface area contributed by atoms with Gasteiger partial charge in [-0.15, -0.1) is 0 Å². The summed E-state index contributed by atoms with van der Waals surface area (Å²) in [4.78, 5) is 0. The van der Waals surface area contributed by atoms with E-state index in [-0.39, 0.29) is 0 Å². The summed E-state index contributed by atoms with van der Waals surface area (Å²) < 4.78 is 27.3. The van der Waals surface area contributed by atoms with Gasteiger partial charge in [0.25, 0.3) is 0 Å². The van der Waals surface area contributed by atoms with Gasteiger partial charge in [-0.3, -0.25) is 0 Å². The number of methoxy groups -OCH3 is 5. The van der Waals surface area contributed by atoms with Gasteiger partial charge in [0.2, 0.25) is 0 Å². The molecule has 0 heterocycles. The van der Waals surface area contributed by atoms with E-state index >= 15 is 0 Å². The van der Waals surface area contributed by atoms with Crippen LogP contribution in [0.1, 0.15) is 232 Å². The van der Waals surface area contributed by atoms with Gasteiger partial charge in [-0.25, -0.2) is 0 Å². The maximum absolute atomic E-state index is 5.46. The quantitative estimate of drug-likeness (QED) is 0.164. The molecular formula is C60H120O5. The second-order valence-corrected chi connectivity index (χ2v) is 25.3. The monoisotopic (exact) mass is 921 g/mol. The average molecular weight is 922 g/mol. The van der Waals surface area contributed by atoms with E-state index < -0.39 is 0 Å². The highest BCUT2D eigenvalue weighted by Crippen LogP contribution is 2.38. The molecule has 0 bridgehead atoms. The molecule has 390 valence electrons. The smallest absolute Gasteiger partial charge is 0.0597 e. The first-order valence-corrected chi connectivity index (χ1v) is 28.3. The van der Waals surface area contributed by atoms with E-state index in [9.17, 15) is 0 Å². The highest BCUT2D eigenvalue weighted by molar-refractivity contribution is 4.82. The van der Waals surface area contributed by atoms with E-state index in [4.69, 9.17) is 23.7 Å². The molecule has 5 rings (SSSR count). The molecule has 0 saturated heterocycles. The van der Waals surface area contributed by atoms with Crippen molar-refractivity contribution >= 4 is 0 Å². The minimum absolute atomic E-state index is 0.531. The van der Waals surface area contributed by atoms with Gasteiger partial charge in [-0.2, -0.15) is 0 Å². The van der Waals surface area contributed by atoms with Crippen molar-refractivity contribution in [1.29, 1.82) is 0 Å². The van der Waals surface area contributed by atoms with Crippen molar-refractivity contribution in [3.8, 4) is 0 Å². The van der Waals surface area contributed by atoms with Crippen LogP contribution in [0.5, 0.6) is 0 Å². The third kappa shape index (κ3) is 27.1. The maximum Gasteiger partial charge on any atom is 0.0597 e. The van der Waals surface area contributed by atoms with Crippen molar-refractivity contribution < 1.29 is 23.7 Å². The predicted molar refractivity (Wildman–Crippen MR) is 284 cm³/mol. The normalized spacial score (nSPS) is 35.3. The Kier molecular flexibility index (Phi) is 33.8. The zero-order chi connectivity index (χ0) is 49.2. The minimum atomic E-state index is 0.531. The van der Waals surface area contributed by atoms with Gasteiger partial charge >= 0.3 is 0 Å². The minimum Gasteiger partial charge on any atom is -0.381 e. The molecule has 0 aromatic heterocycles. The SMILES string of the molecule is CO[C@@H]1CC[C@@H](CC(C)C)C[C@@H]1C.CO[C@@H]1CC[C@H](CC(C)C)C[C@@H]1C.CO[C@@H]1CC[C@H](CC(C)C)C[C@H]1C.CO[C@H]1CC[C@@H](CC(C)C)C[C@@H]1C.CO[C@H]1CC[C@@H](CC(C)C)C[C@H]1C. The van der Waals surface area contributed by atoms with Crippen LogP contribution in [-0.4, -0.2) is 66.1 Å². The van der Waals surface area contributed by atoms with Crippen LogP contribution in [0.4, 0.5) is 0 Å². The number of hydrogen-bond donors (Lipinski definition) is 0. The van der Waals surface area contributed by atoms with Crippen LogP contribution in [0.15, 0.2) is 0 Å². The Morgan fingerprint density at radius 3 is 0.492 bits per heavy atom. The van der Waals surface area contributed by atoms with Crippen molar-refractivity contribution in [2.75, 3.05) is 35.5 Å². The van der Waals surface area contributed by atoms with Gasteiger partial charge in [0.1, 0.15) is 0 Å². The predicted octanol–water partition coefficient (Wildman–Crippen LogP) is 17.4. The first-order valence-electron chi connectivity index (χ1n) is 28.3. The van der Waals surface area contributed by atoms with Crippen LogP contribution in [0.25, 0.3) is 0 Å². The van der Waals surface area contributed by atoms with Gasteiger partial charge in [0.15, 0.2) is 0 Å². The first-order chi connectivity index (χ1) is 30.7. The molecule has 0 N–H and O–H groups in total. The number of hydrogen-bond acceptors (Lipinski definition) is 5. The summed E-state index contributed by atoms with van der Waals surface area (Å²) in [5.41, 5.74) is 0. The summed E-state index contributed by atoms with van der Waals surface area (Å²) in [5.74, 6) is 12.9. The lowest BCUT2D eigenvalue weighted by Crippen LogP contribution is -2.29. The first kappa shape index (κ1) is 62.8. The molecule has 0 spiro atoms. The Morgan fingerprint density at radius 1 is 0.262 bits per heavy atom. The molecule has 15 atom stereocenters. The fourth-order valence-electron chi connectivity index (χ4n) is 13.6. The molecule has 5 heteroatoms. The van der Waals surface area contributed by atoms with E-state index in [1.807, 2.05) is 35.5 Å². The standard InChI is InChI=1S/5C12H24O/c5*1-9(2)7-11-5-6-12(13-4)10(3)8-11/h5*9-12H,5-8H2,1-4H3/t2*10-,11+,12+;10-,11-,12+;2*10-,11-,12-/m10010/s1. The van der Waals surface area contributed by atoms with E-state index in [0.717, 1.165) is 88.8 Å². The molecule has 5 saturated carbocycles. The fraction of sp³-hybridized carbons (Fsp3) is 1.00. The van der Waals surface area contributed by atoms with Crippen molar-refractivity contribution in [1.82, 2.24) is 0 Å².